The van der Waals surface area contributed by atoms with E-state index in [1.807, 2.05) is 0 Å². The highest BCUT2D eigenvalue weighted by Crippen LogP contribution is 2.47. The molecule has 2 atom stereocenters. The Morgan fingerprint density at radius 3 is 3.07 bits per heavy atom. The number of hydrogen-bond donors (Lipinski definition) is 0. The molecule has 1 aliphatic rings. The largest absolute Gasteiger partial charge is 0.466 e. The summed E-state index contributed by atoms with van der Waals surface area (Å²) in [5.41, 5.74) is 0.773. The molecule has 0 amide bonds. The maximum Gasteiger partial charge on any atom is 0.309 e. The molecule has 4 heteroatoms. The summed E-state index contributed by atoms with van der Waals surface area (Å²) in [5, 5.41) is 0. The van der Waals surface area contributed by atoms with Gasteiger partial charge in [0.25, 0.3) is 0 Å². The highest BCUT2D eigenvalue weighted by atomic mass is 19.1. The van der Waals surface area contributed by atoms with Gasteiger partial charge in [0.2, 0.25) is 0 Å². The SMILES string of the molecule is CCOC(=O)[C@@H]1C[C@H]1c1ccc(F)cn1. The van der Waals surface area contributed by atoms with Gasteiger partial charge in [-0.1, -0.05) is 0 Å². The third-order valence-electron chi connectivity index (χ3n) is 2.51. The molecule has 1 aromatic heterocycles. The number of aromatic nitrogens is 1. The zero-order valence-corrected chi connectivity index (χ0v) is 8.44. The molecule has 0 aromatic carbocycles. The van der Waals surface area contributed by atoms with Crippen LogP contribution in [0.2, 0.25) is 0 Å². The van der Waals surface area contributed by atoms with Gasteiger partial charge in [0.1, 0.15) is 5.82 Å². The van der Waals surface area contributed by atoms with E-state index in [0.717, 1.165) is 12.1 Å². The monoisotopic (exact) mass is 209 g/mol. The van der Waals surface area contributed by atoms with Crippen molar-refractivity contribution in [3.8, 4) is 0 Å². The lowest BCUT2D eigenvalue weighted by atomic mass is 10.2. The van der Waals surface area contributed by atoms with Gasteiger partial charge in [-0.3, -0.25) is 9.78 Å². The molecule has 0 N–H and O–H groups in total. The number of ether oxygens (including phenoxy) is 1. The van der Waals surface area contributed by atoms with Gasteiger partial charge in [0.05, 0.1) is 18.7 Å². The molecule has 1 aromatic rings. The Hall–Kier alpha value is -1.45. The topological polar surface area (TPSA) is 39.2 Å². The second-order valence-electron chi connectivity index (χ2n) is 3.60. The van der Waals surface area contributed by atoms with Crippen LogP contribution >= 0.6 is 0 Å². The zero-order valence-electron chi connectivity index (χ0n) is 8.44. The van der Waals surface area contributed by atoms with E-state index >= 15 is 0 Å². The predicted octanol–water partition coefficient (Wildman–Crippen LogP) is 1.89. The van der Waals surface area contributed by atoms with E-state index in [1.54, 1.807) is 13.0 Å². The molecule has 80 valence electrons. The minimum Gasteiger partial charge on any atom is -0.466 e. The predicted molar refractivity (Wildman–Crippen MR) is 51.7 cm³/mol. The van der Waals surface area contributed by atoms with Crippen LogP contribution in [0.3, 0.4) is 0 Å². The van der Waals surface area contributed by atoms with Crippen molar-refractivity contribution in [2.75, 3.05) is 6.61 Å². The number of nitrogens with zero attached hydrogens (tertiary/aromatic N) is 1. The lowest BCUT2D eigenvalue weighted by Gasteiger charge is -2.00. The molecule has 0 spiro atoms. The van der Waals surface area contributed by atoms with Crippen LogP contribution in [0.5, 0.6) is 0 Å². The minimum absolute atomic E-state index is 0.0806. The third kappa shape index (κ3) is 2.14. The molecule has 0 bridgehead atoms. The number of carbonyl (C=O) groups is 1. The lowest BCUT2D eigenvalue weighted by molar-refractivity contribution is -0.144. The quantitative estimate of drug-likeness (QED) is 0.713. The van der Waals surface area contributed by atoms with E-state index in [9.17, 15) is 9.18 Å². The van der Waals surface area contributed by atoms with Crippen molar-refractivity contribution in [3.05, 3.63) is 29.8 Å². The van der Waals surface area contributed by atoms with Crippen molar-refractivity contribution >= 4 is 5.97 Å². The maximum atomic E-state index is 12.6. The first kappa shape index (κ1) is 10.1. The Morgan fingerprint density at radius 1 is 1.67 bits per heavy atom. The maximum absolute atomic E-state index is 12.6. The molecule has 1 fully saturated rings. The number of halogens is 1. The fraction of sp³-hybridized carbons (Fsp3) is 0.455. The van der Waals surface area contributed by atoms with E-state index in [0.29, 0.717) is 6.61 Å². The second-order valence-corrected chi connectivity index (χ2v) is 3.60. The molecule has 0 unspecified atom stereocenters. The molecule has 15 heavy (non-hydrogen) atoms. The molecule has 1 aliphatic carbocycles. The van der Waals surface area contributed by atoms with Crippen LogP contribution in [0, 0.1) is 11.7 Å². The molecule has 2 rings (SSSR count). The van der Waals surface area contributed by atoms with Crippen LogP contribution in [0.15, 0.2) is 18.3 Å². The molecule has 1 saturated carbocycles. The molecular weight excluding hydrogens is 197 g/mol. The first-order valence-corrected chi connectivity index (χ1v) is 5.00. The van der Waals surface area contributed by atoms with E-state index < -0.39 is 0 Å². The third-order valence-corrected chi connectivity index (χ3v) is 2.51. The fourth-order valence-electron chi connectivity index (χ4n) is 1.64. The highest BCUT2D eigenvalue weighted by Gasteiger charge is 2.46. The molecule has 1 heterocycles. The Morgan fingerprint density at radius 2 is 2.47 bits per heavy atom. The van der Waals surface area contributed by atoms with E-state index in [1.165, 1.54) is 12.3 Å². The number of rotatable bonds is 3. The van der Waals surface area contributed by atoms with Crippen LogP contribution in [0.25, 0.3) is 0 Å². The average molecular weight is 209 g/mol. The minimum atomic E-state index is -0.355. The van der Waals surface area contributed by atoms with Gasteiger partial charge in [-0.2, -0.15) is 0 Å². The smallest absolute Gasteiger partial charge is 0.309 e. The molecule has 0 saturated heterocycles. The summed E-state index contributed by atoms with van der Waals surface area (Å²) in [7, 11) is 0. The number of carbonyl (C=O) groups excluding carboxylic acids is 1. The van der Waals surface area contributed by atoms with Gasteiger partial charge < -0.3 is 4.74 Å². The van der Waals surface area contributed by atoms with Crippen LogP contribution < -0.4 is 0 Å². The van der Waals surface area contributed by atoms with Gasteiger partial charge >= 0.3 is 5.97 Å². The van der Waals surface area contributed by atoms with Crippen LogP contribution in [-0.4, -0.2) is 17.6 Å². The summed E-state index contributed by atoms with van der Waals surface area (Å²) in [5.74, 6) is -0.492. The Kier molecular flexibility index (Phi) is 2.66. The lowest BCUT2D eigenvalue weighted by Crippen LogP contribution is -2.07. The first-order valence-electron chi connectivity index (χ1n) is 5.00. The van der Waals surface area contributed by atoms with Crippen LogP contribution in [-0.2, 0) is 9.53 Å². The number of hydrogen-bond acceptors (Lipinski definition) is 3. The van der Waals surface area contributed by atoms with Gasteiger partial charge in [-0.15, -0.1) is 0 Å². The number of pyridine rings is 1. The molecule has 3 nitrogen and oxygen atoms in total. The van der Waals surface area contributed by atoms with Gasteiger partial charge in [0, 0.05) is 11.6 Å². The Labute approximate surface area is 87.3 Å². The zero-order chi connectivity index (χ0) is 10.8. The summed E-state index contributed by atoms with van der Waals surface area (Å²) < 4.78 is 17.5. The number of esters is 1. The standard InChI is InChI=1S/C11H12FNO2/c1-2-15-11(14)9-5-8(9)10-4-3-7(12)6-13-10/h3-4,6,8-9H,2,5H2,1H3/t8-,9-/m1/s1. The second kappa shape index (κ2) is 3.96. The summed E-state index contributed by atoms with van der Waals surface area (Å²) in [6.45, 7) is 2.18. The van der Waals surface area contributed by atoms with Crippen molar-refractivity contribution in [1.29, 1.82) is 0 Å². The van der Waals surface area contributed by atoms with Crippen molar-refractivity contribution in [1.82, 2.24) is 4.98 Å². The van der Waals surface area contributed by atoms with Crippen LogP contribution in [0.4, 0.5) is 4.39 Å². The fourth-order valence-corrected chi connectivity index (χ4v) is 1.64. The van der Waals surface area contributed by atoms with Gasteiger partial charge in [0.15, 0.2) is 0 Å². The van der Waals surface area contributed by atoms with Crippen LogP contribution in [0.1, 0.15) is 25.0 Å². The van der Waals surface area contributed by atoms with E-state index in [2.05, 4.69) is 4.98 Å². The van der Waals surface area contributed by atoms with Gasteiger partial charge in [-0.25, -0.2) is 4.39 Å². The highest BCUT2D eigenvalue weighted by molar-refractivity contribution is 5.77. The van der Waals surface area contributed by atoms with Crippen molar-refractivity contribution < 1.29 is 13.9 Å². The van der Waals surface area contributed by atoms with Crippen molar-refractivity contribution in [2.24, 2.45) is 5.92 Å². The summed E-state index contributed by atoms with van der Waals surface area (Å²) in [6.07, 6.45) is 1.94. The Bertz CT molecular complexity index is 363. The summed E-state index contributed by atoms with van der Waals surface area (Å²) >= 11 is 0. The molecule has 0 aliphatic heterocycles. The summed E-state index contributed by atoms with van der Waals surface area (Å²) in [4.78, 5) is 15.3. The Balaban J connectivity index is 1.98. The van der Waals surface area contributed by atoms with E-state index in [4.69, 9.17) is 4.74 Å². The first-order chi connectivity index (χ1) is 7.22. The molecule has 0 radical (unpaired) electrons. The normalized spacial score (nSPS) is 23.6. The average Bonchev–Trinajstić information content (AvgIpc) is 2.99. The summed E-state index contributed by atoms with van der Waals surface area (Å²) in [6, 6.07) is 2.99. The van der Waals surface area contributed by atoms with Crippen molar-refractivity contribution in [3.63, 3.8) is 0 Å². The van der Waals surface area contributed by atoms with Crippen molar-refractivity contribution in [2.45, 2.75) is 19.3 Å². The van der Waals surface area contributed by atoms with Gasteiger partial charge in [-0.05, 0) is 25.5 Å². The van der Waals surface area contributed by atoms with E-state index in [-0.39, 0.29) is 23.6 Å². The molecular formula is C11H12FNO2.